The number of nitrogens with zero attached hydrogens (tertiary/aromatic N) is 1. The number of hydrogen-bond donors (Lipinski definition) is 1. The van der Waals surface area contributed by atoms with Gasteiger partial charge in [0.1, 0.15) is 17.7 Å². The molecule has 0 bridgehead atoms. The first-order valence-corrected chi connectivity index (χ1v) is 8.45. The molecule has 0 aromatic heterocycles. The Morgan fingerprint density at radius 1 is 0.960 bits per heavy atom. The maximum Gasteiger partial charge on any atom is 0.150 e. The fraction of sp³-hybridized carbons (Fsp3) is 0. The van der Waals surface area contributed by atoms with E-state index in [1.807, 2.05) is 12.1 Å². The van der Waals surface area contributed by atoms with Gasteiger partial charge in [0.2, 0.25) is 0 Å². The van der Waals surface area contributed by atoms with Crippen LogP contribution in [0, 0.1) is 23.0 Å². The van der Waals surface area contributed by atoms with Gasteiger partial charge in [0.25, 0.3) is 0 Å². The maximum absolute atomic E-state index is 14.1. The Kier molecular flexibility index (Phi) is 5.22. The van der Waals surface area contributed by atoms with Crippen LogP contribution in [0.2, 0.25) is 5.02 Å². The molecule has 0 atom stereocenters. The Morgan fingerprint density at radius 2 is 1.72 bits per heavy atom. The summed E-state index contributed by atoms with van der Waals surface area (Å²) in [5, 5.41) is 9.35. The molecule has 0 amide bonds. The van der Waals surface area contributed by atoms with E-state index in [-0.39, 0.29) is 5.69 Å². The molecule has 0 aliphatic carbocycles. The van der Waals surface area contributed by atoms with Gasteiger partial charge in [0, 0.05) is 16.5 Å². The molecular weight excluding hydrogens is 362 g/mol. The van der Waals surface area contributed by atoms with Gasteiger partial charge in [-0.25, -0.2) is 8.78 Å². The third-order valence-electron chi connectivity index (χ3n) is 3.48. The van der Waals surface area contributed by atoms with Crippen LogP contribution >= 0.6 is 23.5 Å². The zero-order valence-corrected chi connectivity index (χ0v) is 14.3. The van der Waals surface area contributed by atoms with Crippen LogP contribution in [0.5, 0.6) is 0 Å². The zero-order valence-electron chi connectivity index (χ0n) is 12.8. The van der Waals surface area contributed by atoms with Crippen molar-refractivity contribution in [3.63, 3.8) is 0 Å². The quantitative estimate of drug-likeness (QED) is 0.548. The summed E-state index contributed by atoms with van der Waals surface area (Å²) in [7, 11) is 0. The highest BCUT2D eigenvalue weighted by Gasteiger charge is 2.12. The first kappa shape index (κ1) is 17.3. The SMILES string of the molecule is N#Cc1cc(SNc2cc(-c3ccccc3)c(F)cc2F)ccc1Cl. The lowest BCUT2D eigenvalue weighted by molar-refractivity contribution is 0.588. The molecule has 25 heavy (non-hydrogen) atoms. The second-order valence-corrected chi connectivity index (χ2v) is 6.42. The summed E-state index contributed by atoms with van der Waals surface area (Å²) in [5.74, 6) is -1.32. The summed E-state index contributed by atoms with van der Waals surface area (Å²) < 4.78 is 31.0. The summed E-state index contributed by atoms with van der Waals surface area (Å²) in [4.78, 5) is 0.686. The lowest BCUT2D eigenvalue weighted by atomic mass is 10.0. The Balaban J connectivity index is 1.87. The third-order valence-corrected chi connectivity index (χ3v) is 4.62. The normalized spacial score (nSPS) is 10.3. The smallest absolute Gasteiger partial charge is 0.150 e. The van der Waals surface area contributed by atoms with E-state index in [4.69, 9.17) is 16.9 Å². The maximum atomic E-state index is 14.1. The van der Waals surface area contributed by atoms with Crippen LogP contribution in [0.25, 0.3) is 11.1 Å². The molecule has 0 fully saturated rings. The number of nitrogens with one attached hydrogen (secondary N) is 1. The van der Waals surface area contributed by atoms with Gasteiger partial charge in [-0.3, -0.25) is 0 Å². The highest BCUT2D eigenvalue weighted by Crippen LogP contribution is 2.31. The number of anilines is 1. The molecule has 0 spiro atoms. The van der Waals surface area contributed by atoms with Crippen LogP contribution in [-0.2, 0) is 0 Å². The second-order valence-electron chi connectivity index (χ2n) is 5.14. The molecular formula is C19H11ClF2N2S. The molecule has 2 nitrogen and oxygen atoms in total. The highest BCUT2D eigenvalue weighted by molar-refractivity contribution is 8.00. The number of nitriles is 1. The van der Waals surface area contributed by atoms with Gasteiger partial charge in [-0.2, -0.15) is 5.26 Å². The predicted molar refractivity (Wildman–Crippen MR) is 97.4 cm³/mol. The summed E-state index contributed by atoms with van der Waals surface area (Å²) in [5.41, 5.74) is 1.45. The largest absolute Gasteiger partial charge is 0.323 e. The molecule has 0 aliphatic rings. The Morgan fingerprint density at radius 3 is 2.44 bits per heavy atom. The van der Waals surface area contributed by atoms with E-state index in [2.05, 4.69) is 4.72 Å². The van der Waals surface area contributed by atoms with Crippen LogP contribution in [0.4, 0.5) is 14.5 Å². The van der Waals surface area contributed by atoms with Gasteiger partial charge in [0.05, 0.1) is 16.3 Å². The molecule has 124 valence electrons. The van der Waals surface area contributed by atoms with Crippen molar-refractivity contribution in [3.05, 3.63) is 82.9 Å². The van der Waals surface area contributed by atoms with Crippen molar-refractivity contribution in [2.24, 2.45) is 0 Å². The van der Waals surface area contributed by atoms with Gasteiger partial charge < -0.3 is 4.72 Å². The van der Waals surface area contributed by atoms with Crippen LogP contribution in [-0.4, -0.2) is 0 Å². The molecule has 3 aromatic rings. The fourth-order valence-electron chi connectivity index (χ4n) is 2.23. The van der Waals surface area contributed by atoms with Crippen LogP contribution in [0.3, 0.4) is 0 Å². The van der Waals surface area contributed by atoms with Gasteiger partial charge in [-0.15, -0.1) is 0 Å². The second kappa shape index (κ2) is 7.56. The molecule has 1 N–H and O–H groups in total. The van der Waals surface area contributed by atoms with Gasteiger partial charge in [-0.05, 0) is 41.8 Å². The number of rotatable bonds is 4. The van der Waals surface area contributed by atoms with E-state index in [0.29, 0.717) is 26.6 Å². The van der Waals surface area contributed by atoms with Gasteiger partial charge in [-0.1, -0.05) is 41.9 Å². The zero-order chi connectivity index (χ0) is 17.8. The Labute approximate surface area is 153 Å². The van der Waals surface area contributed by atoms with Crippen molar-refractivity contribution in [2.75, 3.05) is 4.72 Å². The average Bonchev–Trinajstić information content (AvgIpc) is 2.63. The summed E-state index contributed by atoms with van der Waals surface area (Å²) in [6.45, 7) is 0. The van der Waals surface area contributed by atoms with Crippen molar-refractivity contribution in [1.82, 2.24) is 0 Å². The average molecular weight is 373 g/mol. The fourth-order valence-corrected chi connectivity index (χ4v) is 3.09. The third kappa shape index (κ3) is 3.93. The number of benzene rings is 3. The topological polar surface area (TPSA) is 35.8 Å². The first-order chi connectivity index (χ1) is 12.1. The van der Waals surface area contributed by atoms with Crippen LogP contribution in [0.1, 0.15) is 5.56 Å². The van der Waals surface area contributed by atoms with E-state index in [1.165, 1.54) is 6.07 Å². The molecule has 0 unspecified atom stereocenters. The van der Waals surface area contributed by atoms with Gasteiger partial charge >= 0.3 is 0 Å². The first-order valence-electron chi connectivity index (χ1n) is 7.25. The lowest BCUT2D eigenvalue weighted by Crippen LogP contribution is -1.95. The molecule has 6 heteroatoms. The van der Waals surface area contributed by atoms with Crippen molar-refractivity contribution < 1.29 is 8.78 Å². The molecule has 3 rings (SSSR count). The molecule has 0 heterocycles. The molecule has 0 saturated heterocycles. The number of halogens is 3. The highest BCUT2D eigenvalue weighted by atomic mass is 35.5. The van der Waals surface area contributed by atoms with Crippen molar-refractivity contribution in [1.29, 1.82) is 5.26 Å². The Bertz CT molecular complexity index is 956. The lowest BCUT2D eigenvalue weighted by Gasteiger charge is -2.11. The molecule has 0 aliphatic heterocycles. The van der Waals surface area contributed by atoms with Crippen molar-refractivity contribution in [2.45, 2.75) is 4.90 Å². The van der Waals surface area contributed by atoms with Crippen molar-refractivity contribution in [3.8, 4) is 17.2 Å². The van der Waals surface area contributed by atoms with E-state index in [9.17, 15) is 8.78 Å². The molecule has 0 radical (unpaired) electrons. The molecule has 3 aromatic carbocycles. The summed E-state index contributed by atoms with van der Waals surface area (Å²) in [6, 6.07) is 18.1. The standard InChI is InChI=1S/C19H11ClF2N2S/c20-16-7-6-14(8-13(16)11-23)25-24-19-9-15(17(21)10-18(19)22)12-4-2-1-3-5-12/h1-10,24H. The summed E-state index contributed by atoms with van der Waals surface area (Å²) in [6.07, 6.45) is 0. The van der Waals surface area contributed by atoms with Crippen LogP contribution in [0.15, 0.2) is 65.6 Å². The Hall–Kier alpha value is -2.55. The number of hydrogen-bond acceptors (Lipinski definition) is 3. The summed E-state index contributed by atoms with van der Waals surface area (Å²) >= 11 is 7.00. The van der Waals surface area contributed by atoms with E-state index < -0.39 is 11.6 Å². The van der Waals surface area contributed by atoms with E-state index in [1.54, 1.807) is 42.5 Å². The predicted octanol–water partition coefficient (Wildman–Crippen LogP) is 6.28. The minimum atomic E-state index is -0.695. The van der Waals surface area contributed by atoms with E-state index in [0.717, 1.165) is 18.0 Å². The van der Waals surface area contributed by atoms with Crippen LogP contribution < -0.4 is 4.72 Å². The molecule has 0 saturated carbocycles. The van der Waals surface area contributed by atoms with Gasteiger partial charge in [0.15, 0.2) is 0 Å². The van der Waals surface area contributed by atoms with Crippen molar-refractivity contribution >= 4 is 29.2 Å². The minimum absolute atomic E-state index is 0.152. The minimum Gasteiger partial charge on any atom is -0.323 e. The van der Waals surface area contributed by atoms with E-state index >= 15 is 0 Å². The monoisotopic (exact) mass is 372 g/mol.